The van der Waals surface area contributed by atoms with Crippen LogP contribution in [-0.4, -0.2) is 24.7 Å². The largest absolute Gasteiger partial charge is 0.381 e. The highest BCUT2D eigenvalue weighted by molar-refractivity contribution is 5.79. The van der Waals surface area contributed by atoms with Gasteiger partial charge in [-0.15, -0.1) is 0 Å². The van der Waals surface area contributed by atoms with Gasteiger partial charge in [-0.25, -0.2) is 0 Å². The van der Waals surface area contributed by atoms with Gasteiger partial charge in [0.2, 0.25) is 5.91 Å². The first kappa shape index (κ1) is 8.05. The molecule has 0 aromatic rings. The molecular formula is C9H15NO2. The van der Waals surface area contributed by atoms with Crippen molar-refractivity contribution in [3.05, 3.63) is 0 Å². The van der Waals surface area contributed by atoms with Gasteiger partial charge in [-0.05, 0) is 19.8 Å². The SMILES string of the molecule is CC1(C2CCOC2)CCC(=O)N1. The van der Waals surface area contributed by atoms with Crippen LogP contribution in [0.25, 0.3) is 0 Å². The average Bonchev–Trinajstić information content (AvgIpc) is 2.59. The molecule has 2 aliphatic rings. The van der Waals surface area contributed by atoms with E-state index < -0.39 is 0 Å². The van der Waals surface area contributed by atoms with Crippen LogP contribution < -0.4 is 5.32 Å². The molecule has 3 nitrogen and oxygen atoms in total. The van der Waals surface area contributed by atoms with E-state index in [-0.39, 0.29) is 11.4 Å². The molecule has 12 heavy (non-hydrogen) atoms. The Morgan fingerprint density at radius 3 is 3.00 bits per heavy atom. The van der Waals surface area contributed by atoms with Crippen molar-refractivity contribution in [1.29, 1.82) is 0 Å². The molecule has 2 fully saturated rings. The van der Waals surface area contributed by atoms with Crippen LogP contribution in [0.3, 0.4) is 0 Å². The van der Waals surface area contributed by atoms with E-state index in [0.717, 1.165) is 26.1 Å². The van der Waals surface area contributed by atoms with Crippen molar-refractivity contribution >= 4 is 5.91 Å². The van der Waals surface area contributed by atoms with E-state index in [2.05, 4.69) is 12.2 Å². The Morgan fingerprint density at radius 2 is 2.50 bits per heavy atom. The Labute approximate surface area is 72.5 Å². The summed E-state index contributed by atoms with van der Waals surface area (Å²) in [5, 5.41) is 3.05. The predicted octanol–water partition coefficient (Wildman–Crippen LogP) is 0.692. The fourth-order valence-corrected chi connectivity index (χ4v) is 2.16. The summed E-state index contributed by atoms with van der Waals surface area (Å²) in [4.78, 5) is 11.1. The third-order valence-electron chi connectivity index (χ3n) is 3.13. The van der Waals surface area contributed by atoms with E-state index in [0.29, 0.717) is 12.3 Å². The first-order chi connectivity index (χ1) is 5.71. The topological polar surface area (TPSA) is 38.3 Å². The third-order valence-corrected chi connectivity index (χ3v) is 3.13. The van der Waals surface area contributed by atoms with Crippen molar-refractivity contribution in [2.75, 3.05) is 13.2 Å². The quantitative estimate of drug-likeness (QED) is 0.627. The smallest absolute Gasteiger partial charge is 0.220 e. The lowest BCUT2D eigenvalue weighted by molar-refractivity contribution is -0.120. The van der Waals surface area contributed by atoms with Crippen LogP contribution in [0.15, 0.2) is 0 Å². The number of rotatable bonds is 1. The number of hydrogen-bond acceptors (Lipinski definition) is 2. The van der Waals surface area contributed by atoms with Crippen molar-refractivity contribution in [2.24, 2.45) is 5.92 Å². The zero-order chi connectivity index (χ0) is 8.60. The molecule has 1 amide bonds. The lowest BCUT2D eigenvalue weighted by Gasteiger charge is -2.29. The zero-order valence-electron chi connectivity index (χ0n) is 7.43. The molecule has 0 aromatic carbocycles. The number of carbonyl (C=O) groups is 1. The fourth-order valence-electron chi connectivity index (χ4n) is 2.16. The number of hydrogen-bond donors (Lipinski definition) is 1. The molecule has 0 aliphatic carbocycles. The highest BCUT2D eigenvalue weighted by Crippen LogP contribution is 2.32. The molecular weight excluding hydrogens is 154 g/mol. The minimum Gasteiger partial charge on any atom is -0.381 e. The fraction of sp³-hybridized carbons (Fsp3) is 0.889. The molecule has 2 saturated heterocycles. The molecule has 68 valence electrons. The van der Waals surface area contributed by atoms with Gasteiger partial charge in [0.1, 0.15) is 0 Å². The van der Waals surface area contributed by atoms with Crippen LogP contribution in [0.1, 0.15) is 26.2 Å². The van der Waals surface area contributed by atoms with Crippen LogP contribution in [0.2, 0.25) is 0 Å². The Morgan fingerprint density at radius 1 is 1.67 bits per heavy atom. The molecule has 0 radical (unpaired) electrons. The lowest BCUT2D eigenvalue weighted by Crippen LogP contribution is -2.45. The summed E-state index contributed by atoms with van der Waals surface area (Å²) in [5.41, 5.74) is 0.0214. The van der Waals surface area contributed by atoms with Gasteiger partial charge in [-0.2, -0.15) is 0 Å². The van der Waals surface area contributed by atoms with E-state index in [1.54, 1.807) is 0 Å². The predicted molar refractivity (Wildman–Crippen MR) is 44.7 cm³/mol. The summed E-state index contributed by atoms with van der Waals surface area (Å²) < 4.78 is 5.32. The van der Waals surface area contributed by atoms with Gasteiger partial charge in [-0.3, -0.25) is 4.79 Å². The molecule has 2 unspecified atom stereocenters. The average molecular weight is 169 g/mol. The summed E-state index contributed by atoms with van der Waals surface area (Å²) in [6.45, 7) is 3.81. The Kier molecular flexibility index (Phi) is 1.83. The maximum Gasteiger partial charge on any atom is 0.220 e. The van der Waals surface area contributed by atoms with Gasteiger partial charge >= 0.3 is 0 Å². The van der Waals surface area contributed by atoms with Gasteiger partial charge in [0.15, 0.2) is 0 Å². The summed E-state index contributed by atoms with van der Waals surface area (Å²) in [6, 6.07) is 0. The van der Waals surface area contributed by atoms with Gasteiger partial charge in [0, 0.05) is 24.5 Å². The summed E-state index contributed by atoms with van der Waals surface area (Å²) in [6.07, 6.45) is 2.75. The maximum atomic E-state index is 11.1. The number of ether oxygens (including phenoxy) is 1. The zero-order valence-corrected chi connectivity index (χ0v) is 7.43. The molecule has 0 spiro atoms. The summed E-state index contributed by atoms with van der Waals surface area (Å²) in [5.74, 6) is 0.730. The highest BCUT2D eigenvalue weighted by Gasteiger charge is 2.41. The minimum atomic E-state index is 0.0214. The second-order valence-electron chi connectivity index (χ2n) is 4.03. The standard InChI is InChI=1S/C9H15NO2/c1-9(4-2-8(11)10-9)7-3-5-12-6-7/h7H,2-6H2,1H3,(H,10,11). The van der Waals surface area contributed by atoms with Crippen molar-refractivity contribution in [3.8, 4) is 0 Å². The number of amides is 1. The normalized spacial score (nSPS) is 41.8. The van der Waals surface area contributed by atoms with Crippen molar-refractivity contribution in [2.45, 2.75) is 31.7 Å². The van der Waals surface area contributed by atoms with Crippen molar-refractivity contribution < 1.29 is 9.53 Å². The minimum absolute atomic E-state index is 0.0214. The molecule has 0 aromatic heterocycles. The van der Waals surface area contributed by atoms with Crippen molar-refractivity contribution in [1.82, 2.24) is 5.32 Å². The van der Waals surface area contributed by atoms with Gasteiger partial charge in [0.05, 0.1) is 6.61 Å². The van der Waals surface area contributed by atoms with Crippen LogP contribution in [0, 0.1) is 5.92 Å². The highest BCUT2D eigenvalue weighted by atomic mass is 16.5. The Hall–Kier alpha value is -0.570. The molecule has 3 heteroatoms. The molecule has 2 rings (SSSR count). The van der Waals surface area contributed by atoms with Crippen LogP contribution in [0.5, 0.6) is 0 Å². The second-order valence-corrected chi connectivity index (χ2v) is 4.03. The van der Waals surface area contributed by atoms with Crippen molar-refractivity contribution in [3.63, 3.8) is 0 Å². The number of carbonyl (C=O) groups excluding carboxylic acids is 1. The van der Waals surface area contributed by atoms with Crippen LogP contribution >= 0.6 is 0 Å². The summed E-state index contributed by atoms with van der Waals surface area (Å²) >= 11 is 0. The third kappa shape index (κ3) is 1.22. The Bertz CT molecular complexity index is 199. The first-order valence-corrected chi connectivity index (χ1v) is 4.59. The monoisotopic (exact) mass is 169 g/mol. The van der Waals surface area contributed by atoms with E-state index in [4.69, 9.17) is 4.74 Å². The number of nitrogens with one attached hydrogen (secondary N) is 1. The molecule has 0 bridgehead atoms. The van der Waals surface area contributed by atoms with Gasteiger partial charge in [-0.1, -0.05) is 0 Å². The van der Waals surface area contributed by atoms with E-state index in [9.17, 15) is 4.79 Å². The van der Waals surface area contributed by atoms with Gasteiger partial charge < -0.3 is 10.1 Å². The van der Waals surface area contributed by atoms with Crippen LogP contribution in [-0.2, 0) is 9.53 Å². The maximum absolute atomic E-state index is 11.1. The summed E-state index contributed by atoms with van der Waals surface area (Å²) in [7, 11) is 0. The second kappa shape index (κ2) is 2.73. The van der Waals surface area contributed by atoms with Crippen LogP contribution in [0.4, 0.5) is 0 Å². The van der Waals surface area contributed by atoms with E-state index in [1.165, 1.54) is 0 Å². The van der Waals surface area contributed by atoms with E-state index >= 15 is 0 Å². The Balaban J connectivity index is 2.05. The lowest BCUT2D eigenvalue weighted by atomic mass is 9.84. The first-order valence-electron chi connectivity index (χ1n) is 4.59. The van der Waals surface area contributed by atoms with E-state index in [1.807, 2.05) is 0 Å². The molecule has 0 saturated carbocycles. The molecule has 2 aliphatic heterocycles. The van der Waals surface area contributed by atoms with Gasteiger partial charge in [0.25, 0.3) is 0 Å². The molecule has 2 atom stereocenters. The molecule has 1 N–H and O–H groups in total. The molecule has 2 heterocycles.